The Morgan fingerprint density at radius 3 is 2.88 bits per heavy atom. The molecule has 0 saturated heterocycles. The number of nitrogens with two attached hydrogens (primary N) is 1. The summed E-state index contributed by atoms with van der Waals surface area (Å²) in [4.78, 5) is 17.3. The summed E-state index contributed by atoms with van der Waals surface area (Å²) < 4.78 is 0. The molecule has 1 saturated carbocycles. The van der Waals surface area contributed by atoms with Crippen LogP contribution in [0.25, 0.3) is 0 Å². The van der Waals surface area contributed by atoms with Gasteiger partial charge in [-0.2, -0.15) is 0 Å². The van der Waals surface area contributed by atoms with Crippen molar-refractivity contribution in [2.24, 2.45) is 17.6 Å². The third kappa shape index (κ3) is 3.77. The average molecular weight is 344 g/mol. The molecule has 1 aromatic carbocycles. The molecule has 126 valence electrons. The van der Waals surface area contributed by atoms with E-state index < -0.39 is 0 Å². The molecule has 1 heterocycles. The van der Waals surface area contributed by atoms with Gasteiger partial charge in [0.2, 0.25) is 5.91 Å². The first kappa shape index (κ1) is 16.9. The number of hydrogen-bond acceptors (Lipinski definition) is 3. The molecule has 5 heteroatoms. The lowest BCUT2D eigenvalue weighted by Crippen LogP contribution is -2.38. The fraction of sp³-hybridized carbons (Fsp3) is 0.368. The van der Waals surface area contributed by atoms with Crippen molar-refractivity contribution in [3.05, 3.63) is 64.9 Å². The van der Waals surface area contributed by atoms with Gasteiger partial charge >= 0.3 is 0 Å². The SMILES string of the molecule is NC[C@H]1CCC[C@H]1C(=O)NC(c1cccc(Cl)c1)c1ccccn1. The van der Waals surface area contributed by atoms with E-state index in [-0.39, 0.29) is 23.8 Å². The quantitative estimate of drug-likeness (QED) is 0.875. The van der Waals surface area contributed by atoms with Crippen LogP contribution < -0.4 is 11.1 Å². The topological polar surface area (TPSA) is 68.0 Å². The van der Waals surface area contributed by atoms with E-state index in [1.165, 1.54) is 0 Å². The molecule has 1 aliphatic rings. The fourth-order valence-electron chi connectivity index (χ4n) is 3.47. The number of aromatic nitrogens is 1. The van der Waals surface area contributed by atoms with Gasteiger partial charge in [-0.15, -0.1) is 0 Å². The van der Waals surface area contributed by atoms with Crippen molar-refractivity contribution >= 4 is 17.5 Å². The molecular weight excluding hydrogens is 322 g/mol. The third-order valence-corrected chi connectivity index (χ3v) is 4.99. The van der Waals surface area contributed by atoms with Gasteiger partial charge in [0.1, 0.15) is 0 Å². The first-order valence-corrected chi connectivity index (χ1v) is 8.73. The zero-order chi connectivity index (χ0) is 16.9. The summed E-state index contributed by atoms with van der Waals surface area (Å²) in [5, 5.41) is 3.81. The summed E-state index contributed by atoms with van der Waals surface area (Å²) in [5.74, 6) is 0.313. The number of nitrogens with one attached hydrogen (secondary N) is 1. The number of benzene rings is 1. The molecule has 1 unspecified atom stereocenters. The van der Waals surface area contributed by atoms with Gasteiger partial charge in [-0.25, -0.2) is 0 Å². The van der Waals surface area contributed by atoms with Gasteiger partial charge in [-0.1, -0.05) is 36.2 Å². The second-order valence-electron chi connectivity index (χ2n) is 6.28. The van der Waals surface area contributed by atoms with Crippen LogP contribution in [0, 0.1) is 11.8 Å². The highest BCUT2D eigenvalue weighted by Crippen LogP contribution is 2.32. The molecule has 1 amide bonds. The minimum Gasteiger partial charge on any atom is -0.343 e. The first-order valence-electron chi connectivity index (χ1n) is 8.36. The van der Waals surface area contributed by atoms with Crippen LogP contribution in [0.1, 0.15) is 36.6 Å². The molecule has 0 radical (unpaired) electrons. The Kier molecular flexibility index (Phi) is 5.48. The average Bonchev–Trinajstić information content (AvgIpc) is 3.09. The standard InChI is InChI=1S/C19H22ClN3O/c20-15-7-3-5-13(11-15)18(17-9-1-2-10-22-17)23-19(24)16-8-4-6-14(16)12-21/h1-3,5,7,9-11,14,16,18H,4,6,8,12,21H2,(H,23,24)/t14-,16-,18?/m1/s1. The van der Waals surface area contributed by atoms with E-state index in [1.807, 2.05) is 42.5 Å². The van der Waals surface area contributed by atoms with E-state index in [2.05, 4.69) is 10.3 Å². The van der Waals surface area contributed by atoms with E-state index in [9.17, 15) is 4.79 Å². The lowest BCUT2D eigenvalue weighted by Gasteiger charge is -2.23. The molecule has 4 nitrogen and oxygen atoms in total. The summed E-state index contributed by atoms with van der Waals surface area (Å²) in [5.41, 5.74) is 7.55. The second-order valence-corrected chi connectivity index (χ2v) is 6.72. The number of nitrogens with zero attached hydrogens (tertiary/aromatic N) is 1. The molecule has 24 heavy (non-hydrogen) atoms. The van der Waals surface area contributed by atoms with Crippen LogP contribution in [0.15, 0.2) is 48.7 Å². The molecule has 0 spiro atoms. The van der Waals surface area contributed by atoms with Gasteiger partial charge in [0, 0.05) is 17.1 Å². The van der Waals surface area contributed by atoms with Crippen LogP contribution in [-0.2, 0) is 4.79 Å². The Bertz CT molecular complexity index is 692. The maximum atomic E-state index is 12.8. The van der Waals surface area contributed by atoms with Gasteiger partial charge in [0.15, 0.2) is 0 Å². The Hall–Kier alpha value is -1.91. The number of hydrogen-bond donors (Lipinski definition) is 2. The molecular formula is C19H22ClN3O. The van der Waals surface area contributed by atoms with Crippen molar-refractivity contribution in [2.45, 2.75) is 25.3 Å². The van der Waals surface area contributed by atoms with Crippen LogP contribution >= 0.6 is 11.6 Å². The maximum absolute atomic E-state index is 12.8. The second kappa shape index (κ2) is 7.77. The molecule has 1 aromatic heterocycles. The number of rotatable bonds is 5. The first-order chi connectivity index (χ1) is 11.7. The summed E-state index contributed by atoms with van der Waals surface area (Å²) in [7, 11) is 0. The van der Waals surface area contributed by atoms with E-state index in [1.54, 1.807) is 6.20 Å². The zero-order valence-electron chi connectivity index (χ0n) is 13.5. The molecule has 1 aliphatic carbocycles. The van der Waals surface area contributed by atoms with Crippen LogP contribution in [0.5, 0.6) is 0 Å². The normalized spacial score (nSPS) is 21.4. The smallest absolute Gasteiger partial charge is 0.224 e. The number of carbonyl (C=O) groups is 1. The number of carbonyl (C=O) groups excluding carboxylic acids is 1. The third-order valence-electron chi connectivity index (χ3n) is 4.75. The summed E-state index contributed by atoms with van der Waals surface area (Å²) in [6.45, 7) is 0.559. The van der Waals surface area contributed by atoms with Crippen LogP contribution in [0.2, 0.25) is 5.02 Å². The maximum Gasteiger partial charge on any atom is 0.224 e. The van der Waals surface area contributed by atoms with Crippen LogP contribution in [0.3, 0.4) is 0 Å². The summed E-state index contributed by atoms with van der Waals surface area (Å²) in [6, 6.07) is 12.9. The van der Waals surface area contributed by atoms with Gasteiger partial charge in [0.25, 0.3) is 0 Å². The van der Waals surface area contributed by atoms with Crippen molar-refractivity contribution < 1.29 is 4.79 Å². The van der Waals surface area contributed by atoms with Crippen molar-refractivity contribution in [1.82, 2.24) is 10.3 Å². The van der Waals surface area contributed by atoms with Gasteiger partial charge in [-0.05, 0) is 55.1 Å². The highest BCUT2D eigenvalue weighted by molar-refractivity contribution is 6.30. The zero-order valence-corrected chi connectivity index (χ0v) is 14.2. The number of halogens is 1. The molecule has 2 aromatic rings. The predicted octanol–water partition coefficient (Wildman–Crippen LogP) is 3.32. The van der Waals surface area contributed by atoms with Crippen molar-refractivity contribution in [3.63, 3.8) is 0 Å². The Labute approximate surface area is 147 Å². The van der Waals surface area contributed by atoms with E-state index in [0.29, 0.717) is 11.6 Å². The molecule has 3 rings (SSSR count). The largest absolute Gasteiger partial charge is 0.343 e. The minimum absolute atomic E-state index is 0.0135. The van der Waals surface area contributed by atoms with E-state index >= 15 is 0 Å². The highest BCUT2D eigenvalue weighted by atomic mass is 35.5. The lowest BCUT2D eigenvalue weighted by atomic mass is 9.94. The van der Waals surface area contributed by atoms with E-state index in [4.69, 9.17) is 17.3 Å². The number of pyridine rings is 1. The van der Waals surface area contributed by atoms with E-state index in [0.717, 1.165) is 30.5 Å². The predicted molar refractivity (Wildman–Crippen MR) is 95.6 cm³/mol. The Balaban J connectivity index is 1.87. The molecule has 3 atom stereocenters. The summed E-state index contributed by atoms with van der Waals surface area (Å²) >= 11 is 6.14. The molecule has 0 aliphatic heterocycles. The Morgan fingerprint density at radius 2 is 2.17 bits per heavy atom. The minimum atomic E-state index is -0.309. The lowest BCUT2D eigenvalue weighted by molar-refractivity contribution is -0.126. The molecule has 1 fully saturated rings. The monoisotopic (exact) mass is 343 g/mol. The van der Waals surface area contributed by atoms with Gasteiger partial charge in [0.05, 0.1) is 11.7 Å². The van der Waals surface area contributed by atoms with Gasteiger partial charge < -0.3 is 11.1 Å². The van der Waals surface area contributed by atoms with Crippen LogP contribution in [-0.4, -0.2) is 17.4 Å². The van der Waals surface area contributed by atoms with Gasteiger partial charge in [-0.3, -0.25) is 9.78 Å². The summed E-state index contributed by atoms with van der Waals surface area (Å²) in [6.07, 6.45) is 4.72. The number of amides is 1. The van der Waals surface area contributed by atoms with Crippen molar-refractivity contribution in [1.29, 1.82) is 0 Å². The highest BCUT2D eigenvalue weighted by Gasteiger charge is 2.33. The molecule has 0 bridgehead atoms. The van der Waals surface area contributed by atoms with Crippen molar-refractivity contribution in [3.8, 4) is 0 Å². The van der Waals surface area contributed by atoms with Crippen LogP contribution in [0.4, 0.5) is 0 Å². The molecule has 3 N–H and O–H groups in total. The fourth-order valence-corrected chi connectivity index (χ4v) is 3.67. The van der Waals surface area contributed by atoms with Crippen molar-refractivity contribution in [2.75, 3.05) is 6.54 Å². The Morgan fingerprint density at radius 1 is 1.29 bits per heavy atom.